The van der Waals surface area contributed by atoms with Gasteiger partial charge in [-0.3, -0.25) is 19.6 Å². The van der Waals surface area contributed by atoms with Crippen molar-refractivity contribution in [2.24, 2.45) is 0 Å². The van der Waals surface area contributed by atoms with Gasteiger partial charge in [-0.25, -0.2) is 0 Å². The number of nitro groups is 1. The number of rotatable bonds is 6. The summed E-state index contributed by atoms with van der Waals surface area (Å²) in [6.07, 6.45) is 0. The molecule has 158 valence electrons. The smallest absolute Gasteiger partial charge is 0.312 e. The highest BCUT2D eigenvalue weighted by molar-refractivity contribution is 5.94. The van der Waals surface area contributed by atoms with Crippen LogP contribution in [0.15, 0.2) is 59.0 Å². The quantitative estimate of drug-likeness (QED) is 0.361. The van der Waals surface area contributed by atoms with Crippen LogP contribution in [0.25, 0.3) is 11.0 Å². The van der Waals surface area contributed by atoms with Crippen molar-refractivity contribution in [2.75, 3.05) is 0 Å². The van der Waals surface area contributed by atoms with Crippen LogP contribution in [0.2, 0.25) is 0 Å². The van der Waals surface area contributed by atoms with Crippen LogP contribution in [0.3, 0.4) is 0 Å². The number of nitrogens with zero attached hydrogens (tertiary/aromatic N) is 3. The van der Waals surface area contributed by atoms with Gasteiger partial charge in [-0.1, -0.05) is 30.3 Å². The second-order valence-corrected chi connectivity index (χ2v) is 7.51. The van der Waals surface area contributed by atoms with E-state index in [4.69, 9.17) is 4.42 Å². The second-order valence-electron chi connectivity index (χ2n) is 7.51. The van der Waals surface area contributed by atoms with Crippen molar-refractivity contribution >= 4 is 22.6 Å². The number of carbonyl (C=O) groups is 1. The van der Waals surface area contributed by atoms with E-state index in [1.54, 1.807) is 30.7 Å². The summed E-state index contributed by atoms with van der Waals surface area (Å²) in [6.45, 7) is 5.56. The van der Waals surface area contributed by atoms with E-state index in [2.05, 4.69) is 10.4 Å². The average molecular weight is 418 g/mol. The molecule has 0 saturated carbocycles. The minimum absolute atomic E-state index is 0.0376. The molecular formula is C23H22N4O4. The Morgan fingerprint density at radius 3 is 2.55 bits per heavy atom. The van der Waals surface area contributed by atoms with Gasteiger partial charge in [0.2, 0.25) is 0 Å². The molecule has 0 bridgehead atoms. The summed E-state index contributed by atoms with van der Waals surface area (Å²) in [5.41, 5.74) is 3.12. The third kappa shape index (κ3) is 4.05. The molecule has 0 aliphatic heterocycles. The lowest BCUT2D eigenvalue weighted by Crippen LogP contribution is -2.26. The first-order valence-electron chi connectivity index (χ1n) is 9.90. The first kappa shape index (κ1) is 20.3. The van der Waals surface area contributed by atoms with Crippen LogP contribution >= 0.6 is 0 Å². The molecule has 2 aromatic heterocycles. The molecule has 1 atom stereocenters. The van der Waals surface area contributed by atoms with Crippen molar-refractivity contribution in [1.29, 1.82) is 0 Å². The molecule has 0 radical (unpaired) electrons. The van der Waals surface area contributed by atoms with Crippen molar-refractivity contribution in [2.45, 2.75) is 33.4 Å². The number of aryl methyl sites for hydroxylation is 1. The molecule has 4 aromatic rings. The highest BCUT2D eigenvalue weighted by Crippen LogP contribution is 2.24. The Balaban J connectivity index is 1.44. The van der Waals surface area contributed by atoms with Crippen LogP contribution in [-0.2, 0) is 6.54 Å². The monoisotopic (exact) mass is 418 g/mol. The molecule has 0 saturated heterocycles. The summed E-state index contributed by atoms with van der Waals surface area (Å²) in [5.74, 6) is 0.485. The van der Waals surface area contributed by atoms with Gasteiger partial charge in [0.1, 0.15) is 22.7 Å². The predicted molar refractivity (Wildman–Crippen MR) is 116 cm³/mol. The summed E-state index contributed by atoms with van der Waals surface area (Å²) in [7, 11) is 0. The van der Waals surface area contributed by atoms with Crippen LogP contribution in [0, 0.1) is 24.0 Å². The molecule has 1 amide bonds. The van der Waals surface area contributed by atoms with Gasteiger partial charge in [0.05, 0.1) is 17.5 Å². The van der Waals surface area contributed by atoms with Crippen molar-refractivity contribution in [3.63, 3.8) is 0 Å². The maximum Gasteiger partial charge on any atom is 0.312 e. The molecule has 4 rings (SSSR count). The number of benzene rings is 2. The van der Waals surface area contributed by atoms with Gasteiger partial charge in [0.15, 0.2) is 0 Å². The van der Waals surface area contributed by atoms with Crippen molar-refractivity contribution in [3.05, 3.63) is 93.0 Å². The highest BCUT2D eigenvalue weighted by Gasteiger charge is 2.22. The SMILES string of the molecule is Cc1nn(Cc2ccc(C(=O)NC(C)c3cc4ccccc4o3)cc2)c(C)c1[N+](=O)[O-]. The molecule has 1 N–H and O–H groups in total. The molecule has 0 spiro atoms. The van der Waals surface area contributed by atoms with Gasteiger partial charge in [-0.05, 0) is 50.6 Å². The van der Waals surface area contributed by atoms with E-state index < -0.39 is 4.92 Å². The molecule has 0 aliphatic carbocycles. The number of fused-ring (bicyclic) bond motifs is 1. The average Bonchev–Trinajstić information content (AvgIpc) is 3.29. The van der Waals surface area contributed by atoms with Crippen LogP contribution in [-0.4, -0.2) is 20.6 Å². The van der Waals surface area contributed by atoms with Crippen LogP contribution < -0.4 is 5.32 Å². The zero-order chi connectivity index (χ0) is 22.1. The zero-order valence-electron chi connectivity index (χ0n) is 17.5. The first-order chi connectivity index (χ1) is 14.8. The Kier molecular flexibility index (Phi) is 5.29. The minimum Gasteiger partial charge on any atom is -0.459 e. The van der Waals surface area contributed by atoms with Crippen molar-refractivity contribution < 1.29 is 14.1 Å². The lowest BCUT2D eigenvalue weighted by molar-refractivity contribution is -0.386. The van der Waals surface area contributed by atoms with E-state index in [-0.39, 0.29) is 17.6 Å². The summed E-state index contributed by atoms with van der Waals surface area (Å²) >= 11 is 0. The number of amides is 1. The summed E-state index contributed by atoms with van der Waals surface area (Å²) < 4.78 is 7.42. The van der Waals surface area contributed by atoms with E-state index in [0.717, 1.165) is 16.5 Å². The number of para-hydroxylation sites is 1. The van der Waals surface area contributed by atoms with Gasteiger partial charge >= 0.3 is 5.69 Å². The standard InChI is InChI=1S/C23H22N4O4/c1-14(21-12-19-6-4-5-7-20(19)31-21)24-23(28)18-10-8-17(9-11-18)13-26-16(3)22(27(29)30)15(2)25-26/h4-12,14H,13H2,1-3H3,(H,24,28). The molecule has 8 nitrogen and oxygen atoms in total. The molecule has 2 aromatic carbocycles. The second kappa shape index (κ2) is 8.06. The molecule has 31 heavy (non-hydrogen) atoms. The lowest BCUT2D eigenvalue weighted by Gasteiger charge is -2.12. The Bertz CT molecular complexity index is 1240. The molecule has 2 heterocycles. The Morgan fingerprint density at radius 1 is 1.19 bits per heavy atom. The number of nitrogens with one attached hydrogen (secondary N) is 1. The Morgan fingerprint density at radius 2 is 1.90 bits per heavy atom. The van der Waals surface area contributed by atoms with Crippen molar-refractivity contribution in [3.8, 4) is 0 Å². The number of hydrogen-bond donors (Lipinski definition) is 1. The Hall–Kier alpha value is -3.94. The maximum absolute atomic E-state index is 12.6. The molecule has 0 aliphatic rings. The van der Waals surface area contributed by atoms with Gasteiger partial charge in [0, 0.05) is 10.9 Å². The van der Waals surface area contributed by atoms with Crippen LogP contribution in [0.1, 0.15) is 46.0 Å². The van der Waals surface area contributed by atoms with Crippen LogP contribution in [0.5, 0.6) is 0 Å². The first-order valence-corrected chi connectivity index (χ1v) is 9.90. The fourth-order valence-corrected chi connectivity index (χ4v) is 3.61. The van der Waals surface area contributed by atoms with Gasteiger partial charge in [-0.2, -0.15) is 5.10 Å². The molecule has 8 heteroatoms. The number of carbonyl (C=O) groups excluding carboxylic acids is 1. The third-order valence-electron chi connectivity index (χ3n) is 5.29. The van der Waals surface area contributed by atoms with Crippen LogP contribution in [0.4, 0.5) is 5.69 Å². The maximum atomic E-state index is 12.6. The van der Waals surface area contributed by atoms with Crippen molar-refractivity contribution in [1.82, 2.24) is 15.1 Å². The fourth-order valence-electron chi connectivity index (χ4n) is 3.61. The third-order valence-corrected chi connectivity index (χ3v) is 5.29. The minimum atomic E-state index is -0.412. The largest absolute Gasteiger partial charge is 0.459 e. The summed E-state index contributed by atoms with van der Waals surface area (Å²) in [4.78, 5) is 23.4. The zero-order valence-corrected chi connectivity index (χ0v) is 17.5. The molecule has 0 fully saturated rings. The van der Waals surface area contributed by atoms with E-state index in [1.165, 1.54) is 0 Å². The van der Waals surface area contributed by atoms with Gasteiger partial charge in [-0.15, -0.1) is 0 Å². The topological polar surface area (TPSA) is 103 Å². The van der Waals surface area contributed by atoms with E-state index in [0.29, 0.717) is 29.3 Å². The fraction of sp³-hybridized carbons (Fsp3) is 0.217. The van der Waals surface area contributed by atoms with Gasteiger partial charge < -0.3 is 9.73 Å². The number of furan rings is 1. The molecule has 1 unspecified atom stereocenters. The Labute approximate surface area is 178 Å². The lowest BCUT2D eigenvalue weighted by atomic mass is 10.1. The summed E-state index contributed by atoms with van der Waals surface area (Å²) in [5, 5.41) is 19.4. The normalized spacial score (nSPS) is 12.1. The van der Waals surface area contributed by atoms with E-state index in [1.807, 2.05) is 49.4 Å². The molecular weight excluding hydrogens is 396 g/mol. The van der Waals surface area contributed by atoms with E-state index in [9.17, 15) is 14.9 Å². The predicted octanol–water partition coefficient (Wildman–Crippen LogP) is 4.69. The van der Waals surface area contributed by atoms with Gasteiger partial charge in [0.25, 0.3) is 5.91 Å². The van der Waals surface area contributed by atoms with E-state index >= 15 is 0 Å². The number of aromatic nitrogens is 2. The number of hydrogen-bond acceptors (Lipinski definition) is 5. The summed E-state index contributed by atoms with van der Waals surface area (Å²) in [6, 6.07) is 16.5. The highest BCUT2D eigenvalue weighted by atomic mass is 16.6.